The molecule has 4 rings (SSSR count). The molecule has 1 heterocycles. The van der Waals surface area contributed by atoms with Gasteiger partial charge in [0.2, 0.25) is 5.91 Å². The van der Waals surface area contributed by atoms with Crippen molar-refractivity contribution in [3.05, 3.63) is 88.9 Å². The predicted octanol–water partition coefficient (Wildman–Crippen LogP) is 5.88. The largest absolute Gasteiger partial charge is 0.326 e. The molecule has 0 spiro atoms. The Bertz CT molecular complexity index is 1250. The fourth-order valence-corrected chi connectivity index (χ4v) is 3.47. The van der Waals surface area contributed by atoms with Gasteiger partial charge in [0.25, 0.3) is 5.91 Å². The van der Waals surface area contributed by atoms with E-state index in [0.29, 0.717) is 16.9 Å². The van der Waals surface area contributed by atoms with Crippen molar-refractivity contribution in [2.24, 2.45) is 0 Å². The molecule has 0 unspecified atom stereocenters. The van der Waals surface area contributed by atoms with Crippen LogP contribution in [0.2, 0.25) is 0 Å². The van der Waals surface area contributed by atoms with E-state index in [-0.39, 0.29) is 11.8 Å². The Morgan fingerprint density at radius 2 is 1.53 bits per heavy atom. The zero-order valence-electron chi connectivity index (χ0n) is 16.1. The lowest BCUT2D eigenvalue weighted by atomic mass is 10.0. The van der Waals surface area contributed by atoms with Gasteiger partial charge in [-0.05, 0) is 42.5 Å². The molecule has 0 saturated carbocycles. The number of nitrogens with one attached hydrogen (secondary N) is 2. The number of hydrogen-bond donors (Lipinski definition) is 2. The standard InChI is InChI=1S/C24H18BrN3O2/c1-15(29)26-18-5-4-6-19(13-18)27-24(30)21-14-23(16-9-11-17(25)12-10-16)28-22-8-3-2-7-20(21)22/h2-14H,1H3,(H,26,29)(H,27,30). The molecule has 30 heavy (non-hydrogen) atoms. The molecule has 3 aromatic carbocycles. The Hall–Kier alpha value is -3.51. The third-order valence-electron chi connectivity index (χ3n) is 4.54. The van der Waals surface area contributed by atoms with Crippen molar-refractivity contribution in [1.82, 2.24) is 4.98 Å². The monoisotopic (exact) mass is 459 g/mol. The van der Waals surface area contributed by atoms with Crippen LogP contribution in [0.25, 0.3) is 22.2 Å². The fourth-order valence-electron chi connectivity index (χ4n) is 3.21. The quantitative estimate of drug-likeness (QED) is 0.400. The third-order valence-corrected chi connectivity index (χ3v) is 5.07. The average molecular weight is 460 g/mol. The molecule has 0 aliphatic heterocycles. The molecule has 6 heteroatoms. The summed E-state index contributed by atoms with van der Waals surface area (Å²) in [5.41, 5.74) is 4.13. The molecule has 0 aliphatic rings. The number of carbonyl (C=O) groups is 2. The molecule has 0 atom stereocenters. The van der Waals surface area contributed by atoms with Gasteiger partial charge in [0.15, 0.2) is 0 Å². The Morgan fingerprint density at radius 3 is 2.27 bits per heavy atom. The number of amides is 2. The smallest absolute Gasteiger partial charge is 0.256 e. The number of halogens is 1. The summed E-state index contributed by atoms with van der Waals surface area (Å²) in [6.07, 6.45) is 0. The summed E-state index contributed by atoms with van der Waals surface area (Å²) in [6.45, 7) is 1.44. The van der Waals surface area contributed by atoms with E-state index in [1.54, 1.807) is 30.3 Å². The van der Waals surface area contributed by atoms with Crippen LogP contribution in [0.15, 0.2) is 83.3 Å². The van der Waals surface area contributed by atoms with Crippen molar-refractivity contribution in [3.8, 4) is 11.3 Å². The number of nitrogens with zero attached hydrogens (tertiary/aromatic N) is 1. The summed E-state index contributed by atoms with van der Waals surface area (Å²) in [5, 5.41) is 6.42. The van der Waals surface area contributed by atoms with Gasteiger partial charge in [0, 0.05) is 33.7 Å². The van der Waals surface area contributed by atoms with Crippen LogP contribution < -0.4 is 10.6 Å². The first-order valence-electron chi connectivity index (χ1n) is 9.34. The zero-order valence-corrected chi connectivity index (χ0v) is 17.7. The molecule has 0 saturated heterocycles. The van der Waals surface area contributed by atoms with Gasteiger partial charge in [0.1, 0.15) is 0 Å². The summed E-state index contributed by atoms with van der Waals surface area (Å²) in [7, 11) is 0. The first-order valence-corrected chi connectivity index (χ1v) is 10.1. The van der Waals surface area contributed by atoms with Crippen LogP contribution in [0.3, 0.4) is 0 Å². The molecular weight excluding hydrogens is 442 g/mol. The van der Waals surface area contributed by atoms with Crippen molar-refractivity contribution in [1.29, 1.82) is 0 Å². The van der Waals surface area contributed by atoms with Crippen molar-refractivity contribution in [2.75, 3.05) is 10.6 Å². The van der Waals surface area contributed by atoms with Crippen LogP contribution in [-0.4, -0.2) is 16.8 Å². The molecule has 5 nitrogen and oxygen atoms in total. The number of hydrogen-bond acceptors (Lipinski definition) is 3. The van der Waals surface area contributed by atoms with E-state index >= 15 is 0 Å². The molecule has 0 aliphatic carbocycles. The van der Waals surface area contributed by atoms with Crippen LogP contribution in [-0.2, 0) is 4.79 Å². The van der Waals surface area contributed by atoms with Gasteiger partial charge in [-0.15, -0.1) is 0 Å². The predicted molar refractivity (Wildman–Crippen MR) is 124 cm³/mol. The summed E-state index contributed by atoms with van der Waals surface area (Å²) in [5.74, 6) is -0.412. The third kappa shape index (κ3) is 4.39. The highest BCUT2D eigenvalue weighted by atomic mass is 79.9. The van der Waals surface area contributed by atoms with Crippen LogP contribution in [0.1, 0.15) is 17.3 Å². The maximum absolute atomic E-state index is 13.2. The first kappa shape index (κ1) is 19.8. The minimum Gasteiger partial charge on any atom is -0.326 e. The molecule has 0 fully saturated rings. The Balaban J connectivity index is 1.73. The number of rotatable bonds is 4. The minimum absolute atomic E-state index is 0.169. The van der Waals surface area contributed by atoms with Gasteiger partial charge in [-0.1, -0.05) is 52.3 Å². The second-order valence-corrected chi connectivity index (χ2v) is 7.71. The van der Waals surface area contributed by atoms with E-state index in [1.807, 2.05) is 48.5 Å². The number of carbonyl (C=O) groups excluding carboxylic acids is 2. The molecule has 0 bridgehead atoms. The highest BCUT2D eigenvalue weighted by molar-refractivity contribution is 9.10. The second kappa shape index (κ2) is 8.47. The van der Waals surface area contributed by atoms with Crippen LogP contribution in [0.4, 0.5) is 11.4 Å². The lowest BCUT2D eigenvalue weighted by molar-refractivity contribution is -0.114. The van der Waals surface area contributed by atoms with E-state index in [9.17, 15) is 9.59 Å². The highest BCUT2D eigenvalue weighted by Crippen LogP contribution is 2.27. The summed E-state index contributed by atoms with van der Waals surface area (Å²) >= 11 is 3.44. The molecule has 2 amide bonds. The average Bonchev–Trinajstić information content (AvgIpc) is 2.73. The van der Waals surface area contributed by atoms with Crippen molar-refractivity contribution in [2.45, 2.75) is 6.92 Å². The molecule has 1 aromatic heterocycles. The highest BCUT2D eigenvalue weighted by Gasteiger charge is 2.14. The van der Waals surface area contributed by atoms with Crippen LogP contribution >= 0.6 is 15.9 Å². The summed E-state index contributed by atoms with van der Waals surface area (Å²) < 4.78 is 0.976. The lowest BCUT2D eigenvalue weighted by Gasteiger charge is -2.12. The van der Waals surface area contributed by atoms with Crippen molar-refractivity contribution < 1.29 is 9.59 Å². The summed E-state index contributed by atoms with van der Waals surface area (Å²) in [4.78, 5) is 29.2. The molecule has 4 aromatic rings. The second-order valence-electron chi connectivity index (χ2n) is 6.80. The molecule has 2 N–H and O–H groups in total. The SMILES string of the molecule is CC(=O)Nc1cccc(NC(=O)c2cc(-c3ccc(Br)cc3)nc3ccccc23)c1. The first-order chi connectivity index (χ1) is 14.5. The minimum atomic E-state index is -0.244. The Labute approximate surface area is 182 Å². The fraction of sp³-hybridized carbons (Fsp3) is 0.0417. The molecular formula is C24H18BrN3O2. The van der Waals surface area contributed by atoms with Gasteiger partial charge >= 0.3 is 0 Å². The van der Waals surface area contributed by atoms with E-state index in [0.717, 1.165) is 26.6 Å². The van der Waals surface area contributed by atoms with E-state index in [4.69, 9.17) is 4.98 Å². The van der Waals surface area contributed by atoms with Gasteiger partial charge < -0.3 is 10.6 Å². The Kier molecular flexibility index (Phi) is 5.59. The number of anilines is 2. The van der Waals surface area contributed by atoms with Gasteiger partial charge in [-0.2, -0.15) is 0 Å². The topological polar surface area (TPSA) is 71.1 Å². The van der Waals surface area contributed by atoms with Gasteiger partial charge in [-0.25, -0.2) is 4.98 Å². The Morgan fingerprint density at radius 1 is 0.833 bits per heavy atom. The van der Waals surface area contributed by atoms with Gasteiger partial charge in [0.05, 0.1) is 16.8 Å². The maximum atomic E-state index is 13.2. The number of pyridine rings is 1. The van der Waals surface area contributed by atoms with Crippen molar-refractivity contribution >= 4 is 50.0 Å². The lowest BCUT2D eigenvalue weighted by Crippen LogP contribution is -2.13. The maximum Gasteiger partial charge on any atom is 0.256 e. The van der Waals surface area contributed by atoms with Crippen molar-refractivity contribution in [3.63, 3.8) is 0 Å². The molecule has 0 radical (unpaired) electrons. The summed E-state index contributed by atoms with van der Waals surface area (Å²) in [6, 6.07) is 24.2. The number of fused-ring (bicyclic) bond motifs is 1. The number of benzene rings is 3. The van der Waals surface area contributed by atoms with E-state index < -0.39 is 0 Å². The van der Waals surface area contributed by atoms with E-state index in [1.165, 1.54) is 6.92 Å². The molecule has 148 valence electrons. The van der Waals surface area contributed by atoms with E-state index in [2.05, 4.69) is 26.6 Å². The number of aromatic nitrogens is 1. The number of para-hydroxylation sites is 1. The normalized spacial score (nSPS) is 10.6. The van der Waals surface area contributed by atoms with Gasteiger partial charge in [-0.3, -0.25) is 9.59 Å². The zero-order chi connectivity index (χ0) is 21.1. The van der Waals surface area contributed by atoms with Crippen LogP contribution in [0, 0.1) is 0 Å². The van der Waals surface area contributed by atoms with Crippen LogP contribution in [0.5, 0.6) is 0 Å².